The molecule has 0 spiro atoms. The van der Waals surface area contributed by atoms with Crippen LogP contribution in [-0.4, -0.2) is 53.3 Å². The first kappa shape index (κ1) is 19.4. The standard InChI is InChI=1S/C18H20O8/c1-24-14-7-10(3-5-12(14)20)17(21)16(9-19)26-13-6-4-11(18(22)23)8-15(13)25-2/h3-8,16-17,19-21H,9H2,1-2H3,(H,22,23)/t16-,17+/m0/s1. The average molecular weight is 364 g/mol. The van der Waals surface area contributed by atoms with Crippen molar-refractivity contribution in [3.63, 3.8) is 0 Å². The van der Waals surface area contributed by atoms with Crippen LogP contribution < -0.4 is 14.2 Å². The number of phenols is 1. The Balaban J connectivity index is 2.27. The molecule has 0 saturated heterocycles. The van der Waals surface area contributed by atoms with Gasteiger partial charge in [-0.1, -0.05) is 6.07 Å². The van der Waals surface area contributed by atoms with Crippen molar-refractivity contribution in [2.24, 2.45) is 0 Å². The van der Waals surface area contributed by atoms with Crippen LogP contribution in [0.2, 0.25) is 0 Å². The number of hydrogen-bond acceptors (Lipinski definition) is 7. The number of aromatic carboxylic acids is 1. The van der Waals surface area contributed by atoms with Gasteiger partial charge in [-0.25, -0.2) is 4.79 Å². The minimum atomic E-state index is -1.24. The molecular weight excluding hydrogens is 344 g/mol. The Morgan fingerprint density at radius 3 is 2.31 bits per heavy atom. The molecule has 4 N–H and O–H groups in total. The van der Waals surface area contributed by atoms with Crippen LogP contribution in [0, 0.1) is 0 Å². The Morgan fingerprint density at radius 1 is 1.04 bits per heavy atom. The van der Waals surface area contributed by atoms with Gasteiger partial charge in [-0.2, -0.15) is 0 Å². The van der Waals surface area contributed by atoms with Crippen LogP contribution in [0.25, 0.3) is 0 Å². The molecule has 0 aliphatic rings. The molecule has 0 radical (unpaired) electrons. The lowest BCUT2D eigenvalue weighted by Crippen LogP contribution is -2.29. The summed E-state index contributed by atoms with van der Waals surface area (Å²) in [6, 6.07) is 8.24. The number of carboxylic acids is 1. The molecule has 0 aliphatic carbocycles. The van der Waals surface area contributed by atoms with Crippen LogP contribution in [0.5, 0.6) is 23.0 Å². The monoisotopic (exact) mass is 364 g/mol. The second-order valence-corrected chi connectivity index (χ2v) is 5.39. The van der Waals surface area contributed by atoms with Gasteiger partial charge in [0.25, 0.3) is 0 Å². The van der Waals surface area contributed by atoms with E-state index in [0.29, 0.717) is 5.56 Å². The fraction of sp³-hybridized carbons (Fsp3) is 0.278. The molecule has 2 atom stereocenters. The van der Waals surface area contributed by atoms with Crippen molar-refractivity contribution in [3.05, 3.63) is 47.5 Å². The van der Waals surface area contributed by atoms with Gasteiger partial charge >= 0.3 is 5.97 Å². The zero-order chi connectivity index (χ0) is 19.3. The number of aliphatic hydroxyl groups excluding tert-OH is 2. The van der Waals surface area contributed by atoms with Crippen molar-refractivity contribution in [1.82, 2.24) is 0 Å². The van der Waals surface area contributed by atoms with Crippen molar-refractivity contribution < 1.29 is 39.4 Å². The number of carboxylic acid groups (broad SMARTS) is 1. The predicted molar refractivity (Wildman–Crippen MR) is 91.1 cm³/mol. The minimum Gasteiger partial charge on any atom is -0.504 e. The molecule has 2 aromatic carbocycles. The van der Waals surface area contributed by atoms with Gasteiger partial charge in [0.05, 0.1) is 26.4 Å². The van der Waals surface area contributed by atoms with Crippen molar-refractivity contribution in [1.29, 1.82) is 0 Å². The number of aliphatic hydroxyl groups is 2. The first-order valence-electron chi connectivity index (χ1n) is 7.65. The highest BCUT2D eigenvalue weighted by molar-refractivity contribution is 5.88. The van der Waals surface area contributed by atoms with Crippen molar-refractivity contribution in [3.8, 4) is 23.0 Å². The van der Waals surface area contributed by atoms with E-state index in [1.54, 1.807) is 0 Å². The lowest BCUT2D eigenvalue weighted by atomic mass is 10.0. The van der Waals surface area contributed by atoms with Crippen molar-refractivity contribution in [2.45, 2.75) is 12.2 Å². The van der Waals surface area contributed by atoms with Gasteiger partial charge in [-0.3, -0.25) is 0 Å². The summed E-state index contributed by atoms with van der Waals surface area (Å²) >= 11 is 0. The van der Waals surface area contributed by atoms with E-state index in [0.717, 1.165) is 0 Å². The van der Waals surface area contributed by atoms with E-state index in [1.807, 2.05) is 0 Å². The highest BCUT2D eigenvalue weighted by atomic mass is 16.5. The van der Waals surface area contributed by atoms with Crippen LogP contribution in [0.15, 0.2) is 36.4 Å². The number of benzene rings is 2. The van der Waals surface area contributed by atoms with Gasteiger partial charge in [-0.15, -0.1) is 0 Å². The van der Waals surface area contributed by atoms with E-state index >= 15 is 0 Å². The third-order valence-electron chi connectivity index (χ3n) is 3.77. The van der Waals surface area contributed by atoms with E-state index < -0.39 is 24.8 Å². The molecule has 8 nitrogen and oxygen atoms in total. The Hall–Kier alpha value is -2.97. The number of phenolic OH excluding ortho intramolecular Hbond substituents is 1. The van der Waals surface area contributed by atoms with Crippen molar-refractivity contribution in [2.75, 3.05) is 20.8 Å². The van der Waals surface area contributed by atoms with Crippen LogP contribution in [0.1, 0.15) is 22.0 Å². The molecule has 0 amide bonds. The van der Waals surface area contributed by atoms with Gasteiger partial charge in [0.15, 0.2) is 29.1 Å². The topological polar surface area (TPSA) is 126 Å². The summed E-state index contributed by atoms with van der Waals surface area (Å²) in [5.74, 6) is -0.720. The number of ether oxygens (including phenoxy) is 3. The molecular formula is C18H20O8. The SMILES string of the molecule is COc1cc([C@@H](O)[C@H](CO)Oc2ccc(C(=O)O)cc2OC)ccc1O. The molecule has 0 aliphatic heterocycles. The van der Waals surface area contributed by atoms with E-state index in [9.17, 15) is 20.1 Å². The lowest BCUT2D eigenvalue weighted by Gasteiger charge is -2.24. The summed E-state index contributed by atoms with van der Waals surface area (Å²) in [5.41, 5.74) is 0.374. The summed E-state index contributed by atoms with van der Waals surface area (Å²) in [7, 11) is 2.73. The zero-order valence-corrected chi connectivity index (χ0v) is 14.2. The number of methoxy groups -OCH3 is 2. The summed E-state index contributed by atoms with van der Waals surface area (Å²) in [6.07, 6.45) is -2.30. The average Bonchev–Trinajstić information content (AvgIpc) is 2.65. The second kappa shape index (κ2) is 8.41. The molecule has 0 aromatic heterocycles. The van der Waals surface area contributed by atoms with Crippen LogP contribution in [-0.2, 0) is 0 Å². The molecule has 0 heterocycles. The lowest BCUT2D eigenvalue weighted by molar-refractivity contribution is -0.000540. The van der Waals surface area contributed by atoms with E-state index in [4.69, 9.17) is 19.3 Å². The number of hydrogen-bond donors (Lipinski definition) is 4. The molecule has 140 valence electrons. The zero-order valence-electron chi connectivity index (χ0n) is 14.2. The number of carbonyl (C=O) groups is 1. The predicted octanol–water partition coefficient (Wildman–Crippen LogP) is 1.58. The van der Waals surface area contributed by atoms with Crippen LogP contribution in [0.4, 0.5) is 0 Å². The van der Waals surface area contributed by atoms with Crippen LogP contribution in [0.3, 0.4) is 0 Å². The smallest absolute Gasteiger partial charge is 0.335 e. The van der Waals surface area contributed by atoms with Crippen LogP contribution >= 0.6 is 0 Å². The largest absolute Gasteiger partial charge is 0.504 e. The van der Waals surface area contributed by atoms with Gasteiger partial charge in [0.1, 0.15) is 6.10 Å². The van der Waals surface area contributed by atoms with Gasteiger partial charge in [-0.05, 0) is 35.9 Å². The maximum atomic E-state index is 11.0. The summed E-state index contributed by atoms with van der Waals surface area (Å²) in [4.78, 5) is 11.0. The fourth-order valence-corrected chi connectivity index (χ4v) is 2.36. The summed E-state index contributed by atoms with van der Waals surface area (Å²) < 4.78 is 15.7. The number of rotatable bonds is 8. The fourth-order valence-electron chi connectivity index (χ4n) is 2.36. The maximum Gasteiger partial charge on any atom is 0.335 e. The van der Waals surface area contributed by atoms with Crippen molar-refractivity contribution >= 4 is 5.97 Å². The third kappa shape index (κ3) is 4.16. The maximum absolute atomic E-state index is 11.0. The van der Waals surface area contributed by atoms with E-state index in [2.05, 4.69) is 0 Å². The quantitative estimate of drug-likeness (QED) is 0.556. The van der Waals surface area contributed by atoms with Gasteiger partial charge < -0.3 is 34.6 Å². The third-order valence-corrected chi connectivity index (χ3v) is 3.77. The summed E-state index contributed by atoms with van der Waals surface area (Å²) in [6.45, 7) is -0.520. The normalized spacial score (nSPS) is 12.9. The molecule has 8 heteroatoms. The minimum absolute atomic E-state index is 0.0126. The van der Waals surface area contributed by atoms with Gasteiger partial charge in [0.2, 0.25) is 0 Å². The number of aromatic hydroxyl groups is 1. The Morgan fingerprint density at radius 2 is 1.73 bits per heavy atom. The molecule has 26 heavy (non-hydrogen) atoms. The van der Waals surface area contributed by atoms with Gasteiger partial charge in [0, 0.05) is 0 Å². The molecule has 0 unspecified atom stereocenters. The second-order valence-electron chi connectivity index (χ2n) is 5.39. The highest BCUT2D eigenvalue weighted by Crippen LogP contribution is 2.33. The molecule has 0 fully saturated rings. The highest BCUT2D eigenvalue weighted by Gasteiger charge is 2.25. The molecule has 0 saturated carbocycles. The molecule has 2 rings (SSSR count). The Kier molecular flexibility index (Phi) is 6.26. The summed E-state index contributed by atoms with van der Waals surface area (Å²) in [5, 5.41) is 38.8. The first-order valence-corrected chi connectivity index (χ1v) is 7.65. The van der Waals surface area contributed by atoms with E-state index in [-0.39, 0.29) is 28.6 Å². The first-order chi connectivity index (χ1) is 12.4. The Labute approximate surface area is 149 Å². The molecule has 0 bridgehead atoms. The Bertz CT molecular complexity index is 774. The van der Waals surface area contributed by atoms with E-state index in [1.165, 1.54) is 50.6 Å². The molecule has 2 aromatic rings.